The lowest BCUT2D eigenvalue weighted by molar-refractivity contribution is -0.269. The highest BCUT2D eigenvalue weighted by atomic mass is 16.7. The fourth-order valence-corrected chi connectivity index (χ4v) is 8.55. The smallest absolute Gasteiger partial charge is 0.340 e. The van der Waals surface area contributed by atoms with Crippen LogP contribution in [-0.2, 0) is 42.6 Å². The highest BCUT2D eigenvalue weighted by Crippen LogP contribution is 2.33. The minimum Gasteiger partial charge on any atom is -0.462 e. The Hall–Kier alpha value is -9.25. The summed E-state index contributed by atoms with van der Waals surface area (Å²) in [4.78, 5) is 97.8. The van der Waals surface area contributed by atoms with Crippen molar-refractivity contribution >= 4 is 41.8 Å². The number of carbonyl (C=O) groups is 7. The monoisotopic (exact) mass is 1070 g/mol. The third-order valence-corrected chi connectivity index (χ3v) is 12.7. The predicted molar refractivity (Wildman–Crippen MR) is 285 cm³/mol. The summed E-state index contributed by atoms with van der Waals surface area (Å²) >= 11 is 0. The number of rotatable bonds is 22. The van der Waals surface area contributed by atoms with Crippen molar-refractivity contribution < 1.29 is 76.2 Å². The van der Waals surface area contributed by atoms with Crippen molar-refractivity contribution in [3.05, 3.63) is 251 Å². The van der Waals surface area contributed by atoms with Gasteiger partial charge in [0.1, 0.15) is 18.8 Å². The van der Waals surface area contributed by atoms with Crippen molar-refractivity contribution in [3.63, 3.8) is 0 Å². The van der Waals surface area contributed by atoms with Crippen LogP contribution in [0.5, 0.6) is 0 Å². The fourth-order valence-electron chi connectivity index (χ4n) is 8.55. The molecule has 79 heavy (non-hydrogen) atoms. The molecular formula is C63H56O16. The van der Waals surface area contributed by atoms with Crippen LogP contribution >= 0.6 is 0 Å². The summed E-state index contributed by atoms with van der Waals surface area (Å²) in [7, 11) is 0. The maximum absolute atomic E-state index is 14.5. The lowest BCUT2D eigenvalue weighted by Gasteiger charge is -2.42. The molecule has 0 spiro atoms. The first-order valence-corrected chi connectivity index (χ1v) is 25.5. The van der Waals surface area contributed by atoms with E-state index in [9.17, 15) is 33.6 Å². The van der Waals surface area contributed by atoms with Crippen LogP contribution in [0.15, 0.2) is 212 Å². The second kappa shape index (κ2) is 27.7. The first-order valence-electron chi connectivity index (χ1n) is 25.5. The minimum absolute atomic E-state index is 0.0747. The van der Waals surface area contributed by atoms with E-state index in [2.05, 4.69) is 0 Å². The van der Waals surface area contributed by atoms with Crippen LogP contribution in [0.3, 0.4) is 0 Å². The van der Waals surface area contributed by atoms with Gasteiger partial charge in [0.15, 0.2) is 18.3 Å². The summed E-state index contributed by atoms with van der Waals surface area (Å²) in [5, 5.41) is 0. The van der Waals surface area contributed by atoms with Gasteiger partial charge in [-0.3, -0.25) is 0 Å². The molecule has 0 aromatic heterocycles. The molecule has 16 heteroatoms. The number of hydrogen-bond acceptors (Lipinski definition) is 16. The zero-order valence-corrected chi connectivity index (χ0v) is 43.1. The van der Waals surface area contributed by atoms with E-state index in [-0.39, 0.29) is 45.4 Å². The third kappa shape index (κ3) is 15.5. The maximum atomic E-state index is 14.5. The summed E-state index contributed by atoms with van der Waals surface area (Å²) in [6, 6.07) is 56.3. The van der Waals surface area contributed by atoms with Gasteiger partial charge in [-0.15, -0.1) is 0 Å². The fraction of sp³-hybridized carbons (Fsp3) is 0.222. The molecule has 9 atom stereocenters. The van der Waals surface area contributed by atoms with E-state index in [0.29, 0.717) is 0 Å². The topological polar surface area (TPSA) is 203 Å². The normalized spacial score (nSPS) is 17.6. The van der Waals surface area contributed by atoms with Crippen molar-refractivity contribution in [1.29, 1.82) is 0 Å². The van der Waals surface area contributed by atoms with Crippen LogP contribution in [-0.4, -0.2) is 104 Å². The van der Waals surface area contributed by atoms with Gasteiger partial charge in [0, 0.05) is 12.3 Å². The molecule has 0 unspecified atom stereocenters. The summed E-state index contributed by atoms with van der Waals surface area (Å²) in [5.74, 6) is -6.77. The average molecular weight is 1070 g/mol. The predicted octanol–water partition coefficient (Wildman–Crippen LogP) is 9.98. The van der Waals surface area contributed by atoms with Crippen LogP contribution in [0.2, 0.25) is 0 Å². The van der Waals surface area contributed by atoms with E-state index in [0.717, 1.165) is 0 Å². The third-order valence-electron chi connectivity index (χ3n) is 12.7. The first-order chi connectivity index (χ1) is 38.4. The molecule has 1 saturated heterocycles. The Morgan fingerprint density at radius 3 is 1.13 bits per heavy atom. The second-order valence-corrected chi connectivity index (χ2v) is 18.4. The lowest BCUT2D eigenvalue weighted by Crippen LogP contribution is -2.57. The van der Waals surface area contributed by atoms with Crippen LogP contribution < -0.4 is 0 Å². The van der Waals surface area contributed by atoms with Gasteiger partial charge >= 0.3 is 41.8 Å². The molecule has 0 amide bonds. The van der Waals surface area contributed by atoms with Gasteiger partial charge < -0.3 is 42.6 Å². The first kappa shape index (κ1) is 56.0. The molecule has 1 heterocycles. The molecule has 16 nitrogen and oxygen atoms in total. The molecule has 1 aliphatic rings. The summed E-state index contributed by atoms with van der Waals surface area (Å²) in [6.07, 6.45) is -12.4. The second-order valence-electron chi connectivity index (χ2n) is 18.4. The minimum atomic E-state index is -1.77. The number of ether oxygens (including phenoxy) is 9. The largest absolute Gasteiger partial charge is 0.462 e. The van der Waals surface area contributed by atoms with Crippen molar-refractivity contribution in [2.24, 2.45) is 5.92 Å². The molecule has 0 aliphatic carbocycles. The number of carbonyl (C=O) groups excluding carboxylic acids is 7. The Morgan fingerprint density at radius 1 is 0.392 bits per heavy atom. The van der Waals surface area contributed by atoms with Gasteiger partial charge in [0.05, 0.1) is 57.8 Å². The zero-order valence-electron chi connectivity index (χ0n) is 43.1. The molecule has 0 radical (unpaired) electrons. The molecule has 7 aromatic rings. The molecule has 8 rings (SSSR count). The molecular weight excluding hydrogens is 1010 g/mol. The van der Waals surface area contributed by atoms with Gasteiger partial charge in [-0.1, -0.05) is 134 Å². The van der Waals surface area contributed by atoms with Crippen molar-refractivity contribution in [3.8, 4) is 0 Å². The maximum Gasteiger partial charge on any atom is 0.340 e. The molecule has 1 fully saturated rings. The van der Waals surface area contributed by atoms with E-state index < -0.39 is 110 Å². The number of esters is 7. The van der Waals surface area contributed by atoms with Gasteiger partial charge in [0.25, 0.3) is 0 Å². The van der Waals surface area contributed by atoms with Crippen LogP contribution in [0.25, 0.3) is 0 Å². The lowest BCUT2D eigenvalue weighted by atomic mass is 9.93. The quantitative estimate of drug-likeness (QED) is 0.0458. The Kier molecular flexibility index (Phi) is 19.6. The molecule has 0 saturated carbocycles. The van der Waals surface area contributed by atoms with E-state index in [1.54, 1.807) is 159 Å². The molecule has 1 aliphatic heterocycles. The highest BCUT2D eigenvalue weighted by Gasteiger charge is 2.49. The Labute approximate surface area is 456 Å². The summed E-state index contributed by atoms with van der Waals surface area (Å²) < 4.78 is 56.1. The summed E-state index contributed by atoms with van der Waals surface area (Å²) in [6.45, 7) is 2.17. The zero-order chi connectivity index (χ0) is 55.5. The van der Waals surface area contributed by atoms with Gasteiger partial charge in [-0.2, -0.15) is 0 Å². The summed E-state index contributed by atoms with van der Waals surface area (Å²) in [5.41, 5.74) is 1.03. The Morgan fingerprint density at radius 2 is 0.722 bits per heavy atom. The average Bonchev–Trinajstić information content (AvgIpc) is 3.51. The number of benzene rings is 7. The van der Waals surface area contributed by atoms with E-state index in [1.807, 2.05) is 0 Å². The van der Waals surface area contributed by atoms with Gasteiger partial charge in [0.2, 0.25) is 6.29 Å². The van der Waals surface area contributed by atoms with E-state index in [4.69, 9.17) is 42.6 Å². The van der Waals surface area contributed by atoms with Gasteiger partial charge in [-0.05, 0) is 91.9 Å². The molecule has 0 N–H and O–H groups in total. The van der Waals surface area contributed by atoms with Crippen LogP contribution in [0.1, 0.15) is 92.8 Å². The SMILES string of the molecule is C[C@H](COC(=O)c1ccccc1)[C@H](OC(=O)c1ccccc1)[C@H](OC(=O)c1ccccc1)[C@@H](OC(=O)c1ccccc1)[C@@H](C)O[C@H]1C[C@@H](OC(=O)c2ccccc2)[C@H](OC(=O)c2ccccc2)O[C@@H]1COC(=O)c1ccccc1. The van der Waals surface area contributed by atoms with Crippen LogP contribution in [0.4, 0.5) is 0 Å². The molecule has 404 valence electrons. The Bertz CT molecular complexity index is 3110. The molecule has 7 aromatic carbocycles. The Balaban J connectivity index is 1.21. The highest BCUT2D eigenvalue weighted by molar-refractivity contribution is 5.93. The van der Waals surface area contributed by atoms with Gasteiger partial charge in [-0.25, -0.2) is 33.6 Å². The van der Waals surface area contributed by atoms with E-state index in [1.165, 1.54) is 67.6 Å². The van der Waals surface area contributed by atoms with Crippen molar-refractivity contribution in [1.82, 2.24) is 0 Å². The standard InChI is InChI=1S/C63H56O16/c1-41(39-71-56(64)43-24-10-3-11-25-43)53(76-59(67)46-30-16-6-17-31-46)55(78-61(69)48-34-20-8-21-35-48)54(77-60(68)47-32-18-7-19-33-47)42(2)73-50-38-51(74-58(66)45-28-14-5-15-29-45)63(79-62(70)49-36-22-9-23-37-49)75-52(50)40-72-57(65)44-26-12-4-13-27-44/h3-37,41-42,50-55,63H,38-40H2,1-2H3/t41-,42-,50+,51-,52-,53+,54+,55+,63+/m1/s1. The van der Waals surface area contributed by atoms with Crippen molar-refractivity contribution in [2.75, 3.05) is 13.2 Å². The van der Waals surface area contributed by atoms with E-state index >= 15 is 0 Å². The van der Waals surface area contributed by atoms with Crippen LogP contribution in [0, 0.1) is 5.92 Å². The van der Waals surface area contributed by atoms with Crippen molar-refractivity contribution in [2.45, 2.75) is 69.3 Å². The number of hydrogen-bond donors (Lipinski definition) is 0. The molecule has 0 bridgehead atoms.